The number of aromatic amines is 1. The molecule has 3 heterocycles. The normalized spacial score (nSPS) is 15.0. The molecule has 0 aliphatic carbocycles. The molecule has 3 rings (SSSR count). The Kier molecular flexibility index (Phi) is 7.55. The number of Topliss-reactive ketones (excluding diaryl/α,β-unsaturated/α-hetero) is 1. The third-order valence-electron chi connectivity index (χ3n) is 5.60. The van der Waals surface area contributed by atoms with Gasteiger partial charge in [-0.15, -0.1) is 0 Å². The summed E-state index contributed by atoms with van der Waals surface area (Å²) >= 11 is 0. The second kappa shape index (κ2) is 10.2. The van der Waals surface area contributed by atoms with Crippen LogP contribution in [0.15, 0.2) is 17.1 Å². The van der Waals surface area contributed by atoms with Gasteiger partial charge in [0.2, 0.25) is 0 Å². The highest BCUT2D eigenvalue weighted by Crippen LogP contribution is 2.28. The van der Waals surface area contributed by atoms with Gasteiger partial charge in [0.05, 0.1) is 18.4 Å². The third kappa shape index (κ3) is 6.21. The quantitative estimate of drug-likeness (QED) is 0.656. The highest BCUT2D eigenvalue weighted by molar-refractivity contribution is 6.01. The van der Waals surface area contributed by atoms with Crippen LogP contribution in [-0.2, 0) is 9.53 Å². The van der Waals surface area contributed by atoms with Crippen molar-refractivity contribution < 1.29 is 19.1 Å². The van der Waals surface area contributed by atoms with Crippen LogP contribution < -0.4 is 10.9 Å². The number of carbonyl (C=O) groups is 3. The van der Waals surface area contributed by atoms with Gasteiger partial charge in [-0.25, -0.2) is 9.31 Å². The van der Waals surface area contributed by atoms with Crippen LogP contribution in [0.5, 0.6) is 0 Å². The summed E-state index contributed by atoms with van der Waals surface area (Å²) in [7, 11) is 0. The molecule has 1 aliphatic rings. The van der Waals surface area contributed by atoms with Crippen LogP contribution in [0.25, 0.3) is 5.65 Å². The molecule has 2 amide bonds. The zero-order chi connectivity index (χ0) is 24.2. The Morgan fingerprint density at radius 3 is 2.58 bits per heavy atom. The first-order valence-corrected chi connectivity index (χ1v) is 11.5. The molecule has 2 aromatic heterocycles. The van der Waals surface area contributed by atoms with Gasteiger partial charge in [0.15, 0.2) is 5.78 Å². The largest absolute Gasteiger partial charge is 0.444 e. The second-order valence-electron chi connectivity index (χ2n) is 9.44. The minimum Gasteiger partial charge on any atom is -0.444 e. The van der Waals surface area contributed by atoms with E-state index >= 15 is 0 Å². The summed E-state index contributed by atoms with van der Waals surface area (Å²) < 4.78 is 7.02. The maximum Gasteiger partial charge on any atom is 0.410 e. The van der Waals surface area contributed by atoms with Crippen molar-refractivity contribution >= 4 is 23.4 Å². The first kappa shape index (κ1) is 24.5. The lowest BCUT2D eigenvalue weighted by molar-refractivity contribution is -0.118. The number of unbranched alkanes of at least 4 members (excludes halogenated alkanes) is 1. The summed E-state index contributed by atoms with van der Waals surface area (Å²) in [5.74, 6) is -0.491. The number of hydrogen-bond acceptors (Lipinski definition) is 6. The molecular weight excluding hydrogens is 426 g/mol. The molecule has 10 heteroatoms. The molecule has 1 fully saturated rings. The predicted molar refractivity (Wildman–Crippen MR) is 122 cm³/mol. The Morgan fingerprint density at radius 2 is 1.94 bits per heavy atom. The fourth-order valence-electron chi connectivity index (χ4n) is 3.89. The van der Waals surface area contributed by atoms with E-state index in [0.717, 1.165) is 12.8 Å². The molecule has 0 atom stereocenters. The van der Waals surface area contributed by atoms with Gasteiger partial charge in [-0.2, -0.15) is 5.10 Å². The average Bonchev–Trinajstić information content (AvgIpc) is 3.18. The first-order valence-electron chi connectivity index (χ1n) is 11.5. The first-order chi connectivity index (χ1) is 15.6. The molecule has 0 aromatic carbocycles. The third-order valence-corrected chi connectivity index (χ3v) is 5.60. The van der Waals surface area contributed by atoms with Gasteiger partial charge >= 0.3 is 6.09 Å². The summed E-state index contributed by atoms with van der Waals surface area (Å²) in [6, 6.07) is 1.49. The molecule has 0 bridgehead atoms. The van der Waals surface area contributed by atoms with Gasteiger partial charge in [0, 0.05) is 31.5 Å². The molecule has 0 spiro atoms. The van der Waals surface area contributed by atoms with Crippen LogP contribution in [0.4, 0.5) is 4.79 Å². The lowest BCUT2D eigenvalue weighted by Gasteiger charge is -2.33. The smallest absolute Gasteiger partial charge is 0.410 e. The molecular formula is C23H33N5O5. The minimum absolute atomic E-state index is 0.0000745. The summed E-state index contributed by atoms with van der Waals surface area (Å²) in [5.41, 5.74) is 0.310. The van der Waals surface area contributed by atoms with E-state index in [9.17, 15) is 19.2 Å². The number of likely N-dealkylation sites (tertiary alicyclic amines) is 1. The van der Waals surface area contributed by atoms with Crippen molar-refractivity contribution in [2.24, 2.45) is 0 Å². The van der Waals surface area contributed by atoms with Gasteiger partial charge in [-0.1, -0.05) is 13.3 Å². The van der Waals surface area contributed by atoms with Crippen molar-refractivity contribution in [1.82, 2.24) is 24.8 Å². The molecule has 2 N–H and O–H groups in total. The lowest BCUT2D eigenvalue weighted by Crippen LogP contribution is -2.41. The van der Waals surface area contributed by atoms with Crippen LogP contribution in [0.1, 0.15) is 81.8 Å². The molecule has 33 heavy (non-hydrogen) atoms. The van der Waals surface area contributed by atoms with E-state index in [2.05, 4.69) is 15.4 Å². The van der Waals surface area contributed by atoms with Gasteiger partial charge < -0.3 is 19.9 Å². The van der Waals surface area contributed by atoms with E-state index in [-0.39, 0.29) is 35.5 Å². The Morgan fingerprint density at radius 1 is 1.24 bits per heavy atom. The van der Waals surface area contributed by atoms with Crippen molar-refractivity contribution in [3.05, 3.63) is 33.9 Å². The summed E-state index contributed by atoms with van der Waals surface area (Å²) in [5, 5.41) is 6.95. The number of aromatic nitrogens is 3. The van der Waals surface area contributed by atoms with Gasteiger partial charge in [-0.3, -0.25) is 14.4 Å². The van der Waals surface area contributed by atoms with E-state index in [4.69, 9.17) is 4.74 Å². The van der Waals surface area contributed by atoms with E-state index in [1.54, 1.807) is 9.42 Å². The predicted octanol–water partition coefficient (Wildman–Crippen LogP) is 2.63. The number of hydrogen-bond donors (Lipinski definition) is 2. The topological polar surface area (TPSA) is 126 Å². The molecule has 1 saturated heterocycles. The number of H-pyrrole nitrogens is 1. The maximum absolute atomic E-state index is 12.6. The number of nitrogens with one attached hydrogen (secondary N) is 2. The number of amides is 2. The van der Waals surface area contributed by atoms with Crippen molar-refractivity contribution in [3.63, 3.8) is 0 Å². The zero-order valence-corrected chi connectivity index (χ0v) is 19.8. The molecule has 0 radical (unpaired) electrons. The van der Waals surface area contributed by atoms with E-state index in [0.29, 0.717) is 43.7 Å². The number of piperidine rings is 1. The molecule has 0 unspecified atom stereocenters. The second-order valence-corrected chi connectivity index (χ2v) is 9.44. The van der Waals surface area contributed by atoms with Crippen LogP contribution in [0, 0.1) is 0 Å². The molecule has 0 saturated carbocycles. The van der Waals surface area contributed by atoms with Crippen LogP contribution >= 0.6 is 0 Å². The highest BCUT2D eigenvalue weighted by atomic mass is 16.6. The number of fused-ring (bicyclic) bond motifs is 1. The number of rotatable bonds is 7. The average molecular weight is 460 g/mol. The molecule has 2 aromatic rings. The fourth-order valence-corrected chi connectivity index (χ4v) is 3.89. The zero-order valence-electron chi connectivity index (χ0n) is 19.8. The summed E-state index contributed by atoms with van der Waals surface area (Å²) in [4.78, 5) is 53.6. The standard InChI is InChI=1S/C23H33N5O5/c1-5-6-7-16(29)13-24-21(31)17-14-25-28-18(12-19(30)26-20(17)28)15-8-10-27(11-9-15)22(32)33-23(2,3)4/h12,14-15H,5-11,13H2,1-4H3,(H,24,31)(H,26,30). The van der Waals surface area contributed by atoms with Crippen molar-refractivity contribution in [2.45, 2.75) is 71.3 Å². The Bertz CT molecular complexity index is 1070. The molecule has 10 nitrogen and oxygen atoms in total. The van der Waals surface area contributed by atoms with Crippen molar-refractivity contribution in [1.29, 1.82) is 0 Å². The van der Waals surface area contributed by atoms with Crippen molar-refractivity contribution in [3.8, 4) is 0 Å². The monoisotopic (exact) mass is 459 g/mol. The SMILES string of the molecule is CCCCC(=O)CNC(=O)c1cnn2c(C3CCN(C(=O)OC(C)(C)C)CC3)cc(=O)[nH]c12. The van der Waals surface area contributed by atoms with E-state index < -0.39 is 11.5 Å². The number of ether oxygens (including phenoxy) is 1. The van der Waals surface area contributed by atoms with E-state index in [1.165, 1.54) is 12.3 Å². The van der Waals surface area contributed by atoms with Crippen LogP contribution in [0.2, 0.25) is 0 Å². The van der Waals surface area contributed by atoms with Gasteiger partial charge in [0.1, 0.15) is 16.8 Å². The molecule has 1 aliphatic heterocycles. The number of ketones is 1. The summed E-state index contributed by atoms with van der Waals surface area (Å²) in [6.07, 6.45) is 4.47. The summed E-state index contributed by atoms with van der Waals surface area (Å²) in [6.45, 7) is 8.44. The Labute approximate surface area is 192 Å². The Balaban J connectivity index is 1.72. The fraction of sp³-hybridized carbons (Fsp3) is 0.609. The van der Waals surface area contributed by atoms with Crippen LogP contribution in [0.3, 0.4) is 0 Å². The van der Waals surface area contributed by atoms with Gasteiger partial charge in [-0.05, 0) is 40.0 Å². The minimum atomic E-state index is -0.556. The molecule has 180 valence electrons. The van der Waals surface area contributed by atoms with Gasteiger partial charge in [0.25, 0.3) is 11.5 Å². The number of nitrogens with zero attached hydrogens (tertiary/aromatic N) is 3. The van der Waals surface area contributed by atoms with Crippen molar-refractivity contribution in [2.75, 3.05) is 19.6 Å². The van der Waals surface area contributed by atoms with Crippen LogP contribution in [-0.4, -0.2) is 62.5 Å². The number of carbonyl (C=O) groups excluding carboxylic acids is 3. The highest BCUT2D eigenvalue weighted by Gasteiger charge is 2.29. The van der Waals surface area contributed by atoms with E-state index in [1.807, 2.05) is 27.7 Å². The lowest BCUT2D eigenvalue weighted by atomic mass is 9.93. The maximum atomic E-state index is 12.6. The Hall–Kier alpha value is -3.17.